The second kappa shape index (κ2) is 6.13. The van der Waals surface area contributed by atoms with Gasteiger partial charge in [-0.3, -0.25) is 0 Å². The Bertz CT molecular complexity index is 526. The van der Waals surface area contributed by atoms with Gasteiger partial charge in [0.15, 0.2) is 0 Å². The summed E-state index contributed by atoms with van der Waals surface area (Å²) in [6.45, 7) is 0.110. The number of urea groups is 1. The lowest BCUT2D eigenvalue weighted by Crippen LogP contribution is -2.47. The third-order valence-electron chi connectivity index (χ3n) is 3.10. The van der Waals surface area contributed by atoms with E-state index in [1.54, 1.807) is 18.2 Å². The van der Waals surface area contributed by atoms with Crippen LogP contribution >= 0.6 is 11.8 Å². The van der Waals surface area contributed by atoms with Gasteiger partial charge in [0.1, 0.15) is 11.9 Å². The molecule has 1 atom stereocenters. The predicted molar refractivity (Wildman–Crippen MR) is 73.9 cm³/mol. The third-order valence-corrected chi connectivity index (χ3v) is 4.12. The molecule has 1 aliphatic rings. The normalized spacial score (nSPS) is 18.1. The second-order valence-corrected chi connectivity index (χ2v) is 5.55. The largest absolute Gasteiger partial charge is 0.480 e. The Balaban J connectivity index is 2.05. The van der Waals surface area contributed by atoms with Crippen LogP contribution in [0.3, 0.4) is 0 Å². The van der Waals surface area contributed by atoms with Crippen molar-refractivity contribution in [3.63, 3.8) is 0 Å². The molecule has 108 valence electrons. The Kier molecular flexibility index (Phi) is 4.49. The minimum absolute atomic E-state index is 0.110. The monoisotopic (exact) mass is 298 g/mol. The van der Waals surface area contributed by atoms with Crippen LogP contribution in [-0.4, -0.2) is 51.6 Å². The Morgan fingerprint density at radius 3 is 2.85 bits per heavy atom. The first-order valence-electron chi connectivity index (χ1n) is 6.06. The summed E-state index contributed by atoms with van der Waals surface area (Å²) in [6, 6.07) is 5.01. The molecule has 0 saturated carbocycles. The number of carbonyl (C=O) groups excluding carboxylic acids is 1. The lowest BCUT2D eigenvalue weighted by atomic mass is 10.2. The fourth-order valence-corrected chi connectivity index (χ4v) is 3.14. The Morgan fingerprint density at radius 2 is 2.20 bits per heavy atom. The van der Waals surface area contributed by atoms with Gasteiger partial charge in [0, 0.05) is 24.9 Å². The molecular weight excluding hydrogens is 283 g/mol. The number of amides is 2. The Hall–Kier alpha value is -1.76. The molecule has 1 aliphatic heterocycles. The predicted octanol–water partition coefficient (Wildman–Crippen LogP) is 1.84. The van der Waals surface area contributed by atoms with Gasteiger partial charge in [-0.25, -0.2) is 14.0 Å². The number of carboxylic acids is 1. The number of rotatable bonds is 3. The van der Waals surface area contributed by atoms with Gasteiger partial charge in [-0.15, -0.1) is 11.8 Å². The number of aliphatic carboxylic acids is 1. The van der Waals surface area contributed by atoms with Crippen molar-refractivity contribution in [1.82, 2.24) is 9.80 Å². The number of hydrogen-bond acceptors (Lipinski definition) is 3. The first-order valence-corrected chi connectivity index (χ1v) is 7.22. The average Bonchev–Trinajstić information content (AvgIpc) is 2.89. The number of hydrogen-bond donors (Lipinski definition) is 1. The molecule has 1 N–H and O–H groups in total. The van der Waals surface area contributed by atoms with E-state index in [1.807, 2.05) is 0 Å². The molecule has 0 spiro atoms. The van der Waals surface area contributed by atoms with E-state index in [0.29, 0.717) is 17.2 Å². The summed E-state index contributed by atoms with van der Waals surface area (Å²) in [5, 5.41) is 9.06. The minimum atomic E-state index is -1.01. The number of thioether (sulfide) groups is 1. The fourth-order valence-electron chi connectivity index (χ4n) is 2.00. The maximum Gasteiger partial charge on any atom is 0.327 e. The summed E-state index contributed by atoms with van der Waals surface area (Å²) in [4.78, 5) is 25.9. The van der Waals surface area contributed by atoms with Gasteiger partial charge in [-0.1, -0.05) is 18.2 Å². The smallest absolute Gasteiger partial charge is 0.327 e. The number of benzene rings is 1. The molecule has 1 aromatic carbocycles. The van der Waals surface area contributed by atoms with E-state index >= 15 is 0 Å². The van der Waals surface area contributed by atoms with E-state index in [1.165, 1.54) is 34.7 Å². The van der Waals surface area contributed by atoms with Crippen LogP contribution in [-0.2, 0) is 11.3 Å². The number of halogens is 1. The molecule has 0 radical (unpaired) electrons. The van der Waals surface area contributed by atoms with Crippen LogP contribution in [0.5, 0.6) is 0 Å². The molecular formula is C13H15FN2O3S. The lowest BCUT2D eigenvalue weighted by molar-refractivity contribution is -0.140. The molecule has 0 bridgehead atoms. The van der Waals surface area contributed by atoms with Crippen molar-refractivity contribution in [3.05, 3.63) is 35.6 Å². The minimum Gasteiger partial charge on any atom is -0.480 e. The highest BCUT2D eigenvalue weighted by molar-refractivity contribution is 7.99. The Morgan fingerprint density at radius 1 is 1.50 bits per heavy atom. The van der Waals surface area contributed by atoms with E-state index in [9.17, 15) is 14.0 Å². The molecule has 1 heterocycles. The van der Waals surface area contributed by atoms with Gasteiger partial charge in [-0.2, -0.15) is 0 Å². The molecule has 7 heteroatoms. The summed E-state index contributed by atoms with van der Waals surface area (Å²) in [5.74, 6) is -0.660. The zero-order valence-corrected chi connectivity index (χ0v) is 11.8. The zero-order valence-electron chi connectivity index (χ0n) is 11.0. The van der Waals surface area contributed by atoms with Crippen LogP contribution in [0.2, 0.25) is 0 Å². The SMILES string of the molecule is CN(Cc1ccccc1F)C(=O)N1CSC[C@H]1C(=O)O. The topological polar surface area (TPSA) is 60.9 Å². The van der Waals surface area contributed by atoms with Crippen LogP contribution in [0.15, 0.2) is 24.3 Å². The van der Waals surface area contributed by atoms with Gasteiger partial charge in [0.2, 0.25) is 0 Å². The molecule has 2 rings (SSSR count). The second-order valence-electron chi connectivity index (χ2n) is 4.55. The summed E-state index contributed by atoms with van der Waals surface area (Å²) in [5.41, 5.74) is 0.405. The quantitative estimate of drug-likeness (QED) is 0.925. The molecule has 2 amide bonds. The lowest BCUT2D eigenvalue weighted by Gasteiger charge is -2.27. The highest BCUT2D eigenvalue weighted by Gasteiger charge is 2.36. The number of nitrogens with zero attached hydrogens (tertiary/aromatic N) is 2. The van der Waals surface area contributed by atoms with Gasteiger partial charge < -0.3 is 14.9 Å². The van der Waals surface area contributed by atoms with Crippen molar-refractivity contribution in [2.45, 2.75) is 12.6 Å². The molecule has 0 aliphatic carbocycles. The first kappa shape index (κ1) is 14.6. The van der Waals surface area contributed by atoms with Gasteiger partial charge in [0.05, 0.1) is 5.88 Å². The number of carboxylic acid groups (broad SMARTS) is 1. The van der Waals surface area contributed by atoms with Crippen molar-refractivity contribution in [2.24, 2.45) is 0 Å². The van der Waals surface area contributed by atoms with Gasteiger partial charge in [-0.05, 0) is 6.07 Å². The summed E-state index contributed by atoms with van der Waals surface area (Å²) < 4.78 is 13.5. The maximum absolute atomic E-state index is 13.5. The summed E-state index contributed by atoms with van der Waals surface area (Å²) in [6.07, 6.45) is 0. The van der Waals surface area contributed by atoms with E-state index in [2.05, 4.69) is 0 Å². The van der Waals surface area contributed by atoms with E-state index in [0.717, 1.165) is 0 Å². The van der Waals surface area contributed by atoms with E-state index < -0.39 is 18.0 Å². The molecule has 20 heavy (non-hydrogen) atoms. The van der Waals surface area contributed by atoms with Crippen molar-refractivity contribution >= 4 is 23.8 Å². The van der Waals surface area contributed by atoms with Crippen molar-refractivity contribution in [2.75, 3.05) is 18.7 Å². The van der Waals surface area contributed by atoms with Crippen molar-refractivity contribution in [3.8, 4) is 0 Å². The van der Waals surface area contributed by atoms with E-state index in [-0.39, 0.29) is 12.4 Å². The maximum atomic E-state index is 13.5. The van der Waals surface area contributed by atoms with Gasteiger partial charge in [0.25, 0.3) is 0 Å². The van der Waals surface area contributed by atoms with E-state index in [4.69, 9.17) is 5.11 Å². The first-order chi connectivity index (χ1) is 9.50. The summed E-state index contributed by atoms with van der Waals surface area (Å²) >= 11 is 1.40. The molecule has 1 fully saturated rings. The average molecular weight is 298 g/mol. The molecule has 0 aromatic heterocycles. The van der Waals surface area contributed by atoms with Crippen LogP contribution in [0, 0.1) is 5.82 Å². The third kappa shape index (κ3) is 3.04. The van der Waals surface area contributed by atoms with Crippen molar-refractivity contribution < 1.29 is 19.1 Å². The molecule has 1 aromatic rings. The van der Waals surface area contributed by atoms with Crippen LogP contribution in [0.25, 0.3) is 0 Å². The van der Waals surface area contributed by atoms with Gasteiger partial charge >= 0.3 is 12.0 Å². The molecule has 0 unspecified atom stereocenters. The summed E-state index contributed by atoms with van der Waals surface area (Å²) in [7, 11) is 1.54. The van der Waals surface area contributed by atoms with Crippen LogP contribution in [0.1, 0.15) is 5.56 Å². The highest BCUT2D eigenvalue weighted by atomic mass is 32.2. The zero-order chi connectivity index (χ0) is 14.7. The Labute approximate surface area is 120 Å². The van der Waals surface area contributed by atoms with Crippen LogP contribution in [0.4, 0.5) is 9.18 Å². The number of carbonyl (C=O) groups is 2. The fraction of sp³-hybridized carbons (Fsp3) is 0.385. The van der Waals surface area contributed by atoms with Crippen LogP contribution < -0.4 is 0 Å². The van der Waals surface area contributed by atoms with Crippen molar-refractivity contribution in [1.29, 1.82) is 0 Å². The standard InChI is InChI=1S/C13H15FN2O3S/c1-15(6-9-4-2-3-5-10(9)14)13(19)16-8-20-7-11(16)12(17)18/h2-5,11H,6-8H2,1H3,(H,17,18)/t11-/m0/s1. The molecule has 5 nitrogen and oxygen atoms in total. The molecule has 1 saturated heterocycles. The highest BCUT2D eigenvalue weighted by Crippen LogP contribution is 2.23.